The van der Waals surface area contributed by atoms with Crippen molar-refractivity contribution in [2.24, 2.45) is 0 Å². The Morgan fingerprint density at radius 3 is 2.95 bits per heavy atom. The van der Waals surface area contributed by atoms with Crippen molar-refractivity contribution in [3.63, 3.8) is 0 Å². The predicted molar refractivity (Wildman–Crippen MR) is 81.2 cm³/mol. The van der Waals surface area contributed by atoms with Gasteiger partial charge in [-0.05, 0) is 46.6 Å². The molecule has 6 heteroatoms. The Hall–Kier alpha value is -1.24. The smallest absolute Gasteiger partial charge is 0.239 e. The van der Waals surface area contributed by atoms with Crippen LogP contribution in [0.15, 0.2) is 40.3 Å². The lowest BCUT2D eigenvalue weighted by Crippen LogP contribution is -2.29. The maximum Gasteiger partial charge on any atom is 0.239 e. The van der Waals surface area contributed by atoms with Crippen molar-refractivity contribution in [2.75, 3.05) is 18.9 Å². The summed E-state index contributed by atoms with van der Waals surface area (Å²) in [5.41, 5.74) is 0. The van der Waals surface area contributed by atoms with Gasteiger partial charge in [-0.2, -0.15) is 0 Å². The number of nitrogens with one attached hydrogen (secondary N) is 1. The van der Waals surface area contributed by atoms with Crippen molar-refractivity contribution < 1.29 is 4.79 Å². The largest absolute Gasteiger partial charge is 0.310 e. The molecule has 0 saturated carbocycles. The molecular weight excluding hydrogens is 326 g/mol. The molecule has 2 heterocycles. The van der Waals surface area contributed by atoms with Crippen LogP contribution in [0.4, 0.5) is 5.82 Å². The van der Waals surface area contributed by atoms with E-state index >= 15 is 0 Å². The number of carbonyl (C=O) groups excluding carboxylic acids is 1. The van der Waals surface area contributed by atoms with E-state index in [1.807, 2.05) is 29.5 Å². The third-order valence-corrected chi connectivity index (χ3v) is 3.74. The Morgan fingerprint density at radius 2 is 2.32 bits per heavy atom. The Balaban J connectivity index is 1.82. The summed E-state index contributed by atoms with van der Waals surface area (Å²) in [6, 6.07) is 7.69. The summed E-state index contributed by atoms with van der Waals surface area (Å²) < 4.78 is 0.889. The van der Waals surface area contributed by atoms with Gasteiger partial charge in [-0.3, -0.25) is 9.69 Å². The minimum Gasteiger partial charge on any atom is -0.310 e. The third kappa shape index (κ3) is 4.74. The van der Waals surface area contributed by atoms with Crippen molar-refractivity contribution in [1.82, 2.24) is 9.88 Å². The van der Waals surface area contributed by atoms with Crippen molar-refractivity contribution >= 4 is 39.0 Å². The Kier molecular flexibility index (Phi) is 5.07. The highest BCUT2D eigenvalue weighted by atomic mass is 79.9. The molecule has 19 heavy (non-hydrogen) atoms. The van der Waals surface area contributed by atoms with Gasteiger partial charge in [0.05, 0.1) is 6.54 Å². The molecule has 100 valence electrons. The maximum absolute atomic E-state index is 11.8. The molecule has 0 radical (unpaired) electrons. The van der Waals surface area contributed by atoms with Crippen LogP contribution in [0.25, 0.3) is 0 Å². The van der Waals surface area contributed by atoms with Gasteiger partial charge in [-0.1, -0.05) is 6.07 Å². The van der Waals surface area contributed by atoms with Gasteiger partial charge in [0, 0.05) is 22.1 Å². The molecular formula is C13H14BrN3OS. The number of aromatic nitrogens is 1. The van der Waals surface area contributed by atoms with Crippen molar-refractivity contribution in [3.05, 3.63) is 45.2 Å². The molecule has 0 spiro atoms. The van der Waals surface area contributed by atoms with Gasteiger partial charge < -0.3 is 5.32 Å². The molecule has 0 bridgehead atoms. The summed E-state index contributed by atoms with van der Waals surface area (Å²) in [6.07, 6.45) is 1.66. The highest BCUT2D eigenvalue weighted by molar-refractivity contribution is 9.10. The molecule has 0 aliphatic rings. The van der Waals surface area contributed by atoms with E-state index in [-0.39, 0.29) is 5.91 Å². The number of carbonyl (C=O) groups is 1. The molecule has 4 nitrogen and oxygen atoms in total. The van der Waals surface area contributed by atoms with Crippen molar-refractivity contribution in [1.29, 1.82) is 0 Å². The van der Waals surface area contributed by atoms with Gasteiger partial charge in [0.15, 0.2) is 0 Å². The fourth-order valence-electron chi connectivity index (χ4n) is 1.60. The van der Waals surface area contributed by atoms with Gasteiger partial charge in [0.2, 0.25) is 5.91 Å². The van der Waals surface area contributed by atoms with Gasteiger partial charge in [0.25, 0.3) is 0 Å². The lowest BCUT2D eigenvalue weighted by molar-refractivity contribution is -0.117. The lowest BCUT2D eigenvalue weighted by Gasteiger charge is -2.14. The van der Waals surface area contributed by atoms with E-state index in [0.29, 0.717) is 12.4 Å². The average Bonchev–Trinajstić information content (AvgIpc) is 2.84. The number of likely N-dealkylation sites (N-methyl/N-ethyl adjacent to an activating group) is 1. The first-order valence-electron chi connectivity index (χ1n) is 5.76. The van der Waals surface area contributed by atoms with E-state index in [4.69, 9.17) is 0 Å². The van der Waals surface area contributed by atoms with Crippen molar-refractivity contribution in [3.8, 4) is 0 Å². The molecule has 2 rings (SSSR count). The molecule has 2 aromatic heterocycles. The number of thiophene rings is 1. The second-order valence-corrected chi connectivity index (χ2v) is 6.11. The second-order valence-electron chi connectivity index (χ2n) is 4.16. The number of nitrogens with zero attached hydrogens (tertiary/aromatic N) is 2. The number of hydrogen-bond acceptors (Lipinski definition) is 4. The van der Waals surface area contributed by atoms with Crippen LogP contribution in [0.1, 0.15) is 4.88 Å². The monoisotopic (exact) mass is 339 g/mol. The summed E-state index contributed by atoms with van der Waals surface area (Å²) in [6.45, 7) is 1.12. The minimum atomic E-state index is -0.0612. The molecule has 2 aromatic rings. The van der Waals surface area contributed by atoms with E-state index in [1.54, 1.807) is 23.6 Å². The fourth-order valence-corrected chi connectivity index (χ4v) is 2.62. The third-order valence-electron chi connectivity index (χ3n) is 2.41. The Morgan fingerprint density at radius 1 is 1.47 bits per heavy atom. The fraction of sp³-hybridized carbons (Fsp3) is 0.231. The molecule has 0 unspecified atom stereocenters. The highest BCUT2D eigenvalue weighted by Gasteiger charge is 2.08. The van der Waals surface area contributed by atoms with Crippen LogP contribution in [-0.4, -0.2) is 29.4 Å². The molecule has 0 aliphatic carbocycles. The number of halogens is 1. The number of anilines is 1. The summed E-state index contributed by atoms with van der Waals surface area (Å²) in [7, 11) is 1.92. The van der Waals surface area contributed by atoms with Gasteiger partial charge >= 0.3 is 0 Å². The number of amides is 1. The van der Waals surface area contributed by atoms with Crippen LogP contribution in [0.2, 0.25) is 0 Å². The summed E-state index contributed by atoms with van der Waals surface area (Å²) in [4.78, 5) is 19.2. The molecule has 0 fully saturated rings. The SMILES string of the molecule is CN(CC(=O)Nc1ccc(Br)cn1)Cc1cccs1. The topological polar surface area (TPSA) is 45.2 Å². The predicted octanol–water partition coefficient (Wildman–Crippen LogP) is 2.98. The van der Waals surface area contributed by atoms with Crippen LogP contribution in [0.3, 0.4) is 0 Å². The zero-order valence-corrected chi connectivity index (χ0v) is 12.9. The number of hydrogen-bond donors (Lipinski definition) is 1. The number of rotatable bonds is 5. The van der Waals surface area contributed by atoms with E-state index in [9.17, 15) is 4.79 Å². The zero-order valence-electron chi connectivity index (χ0n) is 10.5. The van der Waals surface area contributed by atoms with Gasteiger partial charge in [0.1, 0.15) is 5.82 Å². The standard InChI is InChI=1S/C13H14BrN3OS/c1-17(8-11-3-2-6-19-11)9-13(18)16-12-5-4-10(14)7-15-12/h2-7H,8-9H2,1H3,(H,15,16,18). The molecule has 0 aliphatic heterocycles. The second kappa shape index (κ2) is 6.79. The highest BCUT2D eigenvalue weighted by Crippen LogP contribution is 2.12. The van der Waals surface area contributed by atoms with Crippen molar-refractivity contribution in [2.45, 2.75) is 6.54 Å². The van der Waals surface area contributed by atoms with Gasteiger partial charge in [-0.15, -0.1) is 11.3 Å². The first kappa shape index (κ1) is 14.2. The molecule has 0 saturated heterocycles. The average molecular weight is 340 g/mol. The summed E-state index contributed by atoms with van der Waals surface area (Å²) in [5, 5.41) is 4.81. The minimum absolute atomic E-state index is 0.0612. The van der Waals surface area contributed by atoms with Crippen LogP contribution in [-0.2, 0) is 11.3 Å². The van der Waals surface area contributed by atoms with Crippen LogP contribution >= 0.6 is 27.3 Å². The Labute approximate surface area is 124 Å². The van der Waals surface area contributed by atoms with Crippen LogP contribution < -0.4 is 5.32 Å². The normalized spacial score (nSPS) is 10.7. The van der Waals surface area contributed by atoms with E-state index in [1.165, 1.54) is 4.88 Å². The first-order chi connectivity index (χ1) is 9.13. The summed E-state index contributed by atoms with van der Waals surface area (Å²) >= 11 is 5.00. The van der Waals surface area contributed by atoms with Crippen LogP contribution in [0.5, 0.6) is 0 Å². The zero-order chi connectivity index (χ0) is 13.7. The van der Waals surface area contributed by atoms with E-state index < -0.39 is 0 Å². The summed E-state index contributed by atoms with van der Waals surface area (Å²) in [5.74, 6) is 0.506. The molecule has 1 amide bonds. The van der Waals surface area contributed by atoms with Gasteiger partial charge in [-0.25, -0.2) is 4.98 Å². The van der Waals surface area contributed by atoms with Crippen LogP contribution in [0, 0.1) is 0 Å². The number of pyridine rings is 1. The Bertz CT molecular complexity index is 527. The molecule has 0 aromatic carbocycles. The maximum atomic E-state index is 11.8. The quantitative estimate of drug-likeness (QED) is 0.910. The lowest BCUT2D eigenvalue weighted by atomic mass is 10.4. The first-order valence-corrected chi connectivity index (χ1v) is 7.43. The van der Waals surface area contributed by atoms with E-state index in [2.05, 4.69) is 32.3 Å². The van der Waals surface area contributed by atoms with E-state index in [0.717, 1.165) is 11.0 Å². The molecule has 0 atom stereocenters. The molecule has 1 N–H and O–H groups in total.